The van der Waals surface area contributed by atoms with Gasteiger partial charge in [-0.1, -0.05) is 0 Å². The summed E-state index contributed by atoms with van der Waals surface area (Å²) in [6.45, 7) is 2.39. The molecule has 2 rings (SSSR count). The summed E-state index contributed by atoms with van der Waals surface area (Å²) in [5, 5.41) is 8.41. The SMILES string of the molecule is Cc1n[nH]c(C)c1S(=O)(=O)N1CC(=O)NC(=O)C1. The topological polar surface area (TPSA) is 112 Å². The standard InChI is InChI=1S/C9H12N4O4S/c1-5-9(6(2)12-11-5)18(16,17)13-3-7(14)10-8(15)4-13/h3-4H2,1-2H3,(H,11,12)(H,10,14,15). The number of carbonyl (C=O) groups is 2. The fraction of sp³-hybridized carbons (Fsp3) is 0.444. The second kappa shape index (κ2) is 4.18. The zero-order valence-electron chi connectivity index (χ0n) is 9.85. The molecular weight excluding hydrogens is 260 g/mol. The van der Waals surface area contributed by atoms with Gasteiger partial charge < -0.3 is 0 Å². The van der Waals surface area contributed by atoms with Crippen LogP contribution in [0.3, 0.4) is 0 Å². The lowest BCUT2D eigenvalue weighted by atomic mass is 10.4. The van der Waals surface area contributed by atoms with Crippen LogP contribution in [0.1, 0.15) is 11.4 Å². The molecule has 9 heteroatoms. The van der Waals surface area contributed by atoms with Crippen LogP contribution in [0.4, 0.5) is 0 Å². The van der Waals surface area contributed by atoms with Gasteiger partial charge in [0.2, 0.25) is 21.8 Å². The first-order valence-corrected chi connectivity index (χ1v) is 6.61. The quantitative estimate of drug-likeness (QED) is 0.648. The number of amides is 2. The van der Waals surface area contributed by atoms with Gasteiger partial charge in [-0.15, -0.1) is 0 Å². The molecule has 1 aliphatic heterocycles. The first-order valence-electron chi connectivity index (χ1n) is 5.17. The van der Waals surface area contributed by atoms with Crippen molar-refractivity contribution in [2.45, 2.75) is 18.7 Å². The van der Waals surface area contributed by atoms with Gasteiger partial charge in [0.1, 0.15) is 4.90 Å². The van der Waals surface area contributed by atoms with E-state index in [2.05, 4.69) is 10.2 Å². The molecule has 0 unspecified atom stereocenters. The molecule has 0 atom stereocenters. The summed E-state index contributed by atoms with van der Waals surface area (Å²) >= 11 is 0. The number of rotatable bonds is 2. The van der Waals surface area contributed by atoms with E-state index in [1.54, 1.807) is 13.8 Å². The van der Waals surface area contributed by atoms with Crippen LogP contribution in [0.5, 0.6) is 0 Å². The molecule has 0 saturated carbocycles. The van der Waals surface area contributed by atoms with Crippen molar-refractivity contribution >= 4 is 21.8 Å². The molecule has 1 aromatic heterocycles. The van der Waals surface area contributed by atoms with E-state index in [9.17, 15) is 18.0 Å². The predicted molar refractivity (Wildman–Crippen MR) is 60.0 cm³/mol. The van der Waals surface area contributed by atoms with Gasteiger partial charge in [-0.3, -0.25) is 20.0 Å². The van der Waals surface area contributed by atoms with E-state index in [4.69, 9.17) is 0 Å². The molecule has 0 bridgehead atoms. The molecule has 1 aliphatic rings. The Kier molecular flexibility index (Phi) is 2.95. The van der Waals surface area contributed by atoms with Gasteiger partial charge in [-0.25, -0.2) is 8.42 Å². The number of sulfonamides is 1. The highest BCUT2D eigenvalue weighted by Gasteiger charge is 2.35. The summed E-state index contributed by atoms with van der Waals surface area (Å²) in [7, 11) is -3.89. The predicted octanol–water partition coefficient (Wildman–Crippen LogP) is -1.33. The Morgan fingerprint density at radius 1 is 1.17 bits per heavy atom. The molecule has 2 amide bonds. The van der Waals surface area contributed by atoms with E-state index in [0.717, 1.165) is 4.31 Å². The number of piperazine rings is 1. The normalized spacial score (nSPS) is 17.9. The first kappa shape index (κ1) is 12.7. The van der Waals surface area contributed by atoms with Crippen LogP contribution in [0.15, 0.2) is 4.90 Å². The van der Waals surface area contributed by atoms with Crippen molar-refractivity contribution in [1.82, 2.24) is 19.8 Å². The van der Waals surface area contributed by atoms with Crippen molar-refractivity contribution in [3.63, 3.8) is 0 Å². The highest BCUT2D eigenvalue weighted by molar-refractivity contribution is 7.89. The Balaban J connectivity index is 2.43. The fourth-order valence-electron chi connectivity index (χ4n) is 1.83. The number of imide groups is 1. The number of aromatic nitrogens is 2. The van der Waals surface area contributed by atoms with Gasteiger partial charge in [0, 0.05) is 0 Å². The van der Waals surface area contributed by atoms with Crippen LogP contribution in [-0.2, 0) is 19.6 Å². The Labute approximate surface area is 103 Å². The van der Waals surface area contributed by atoms with E-state index in [-0.39, 0.29) is 18.0 Å². The van der Waals surface area contributed by atoms with Crippen LogP contribution >= 0.6 is 0 Å². The van der Waals surface area contributed by atoms with Crippen molar-refractivity contribution in [1.29, 1.82) is 0 Å². The van der Waals surface area contributed by atoms with Gasteiger partial charge in [-0.2, -0.15) is 9.40 Å². The zero-order valence-corrected chi connectivity index (χ0v) is 10.7. The summed E-state index contributed by atoms with van der Waals surface area (Å²) < 4.78 is 25.5. The van der Waals surface area contributed by atoms with Crippen molar-refractivity contribution in [2.75, 3.05) is 13.1 Å². The van der Waals surface area contributed by atoms with Crippen LogP contribution < -0.4 is 5.32 Å². The van der Waals surface area contributed by atoms with E-state index in [0.29, 0.717) is 11.4 Å². The lowest BCUT2D eigenvalue weighted by molar-refractivity contribution is -0.134. The molecule has 1 saturated heterocycles. The maximum Gasteiger partial charge on any atom is 0.247 e. The molecule has 8 nitrogen and oxygen atoms in total. The maximum absolute atomic E-state index is 12.3. The van der Waals surface area contributed by atoms with E-state index >= 15 is 0 Å². The van der Waals surface area contributed by atoms with Crippen LogP contribution in [0.25, 0.3) is 0 Å². The average Bonchev–Trinajstić information content (AvgIpc) is 2.57. The van der Waals surface area contributed by atoms with E-state index < -0.39 is 21.8 Å². The fourth-order valence-corrected chi connectivity index (χ4v) is 3.51. The molecule has 0 radical (unpaired) electrons. The summed E-state index contributed by atoms with van der Waals surface area (Å²) in [5.74, 6) is -1.26. The van der Waals surface area contributed by atoms with Gasteiger partial charge in [0.25, 0.3) is 0 Å². The minimum absolute atomic E-state index is 0.0185. The van der Waals surface area contributed by atoms with Gasteiger partial charge in [0.05, 0.1) is 24.5 Å². The lowest BCUT2D eigenvalue weighted by Gasteiger charge is -2.24. The Morgan fingerprint density at radius 2 is 1.72 bits per heavy atom. The number of aryl methyl sites for hydroxylation is 2. The molecule has 2 heterocycles. The van der Waals surface area contributed by atoms with Crippen molar-refractivity contribution in [2.24, 2.45) is 0 Å². The molecule has 1 fully saturated rings. The number of nitrogens with one attached hydrogen (secondary N) is 2. The third kappa shape index (κ3) is 2.02. The Bertz CT molecular complexity index is 583. The smallest absolute Gasteiger partial charge is 0.247 e. The Hall–Kier alpha value is -1.74. The molecule has 0 spiro atoms. The largest absolute Gasteiger partial charge is 0.294 e. The first-order chi connectivity index (χ1) is 8.32. The molecule has 0 aromatic carbocycles. The summed E-state index contributed by atoms with van der Waals surface area (Å²) in [6, 6.07) is 0. The van der Waals surface area contributed by atoms with Crippen LogP contribution in [-0.4, -0.2) is 47.8 Å². The molecule has 0 aliphatic carbocycles. The van der Waals surface area contributed by atoms with Gasteiger partial charge >= 0.3 is 0 Å². The van der Waals surface area contributed by atoms with Crippen molar-refractivity contribution in [3.8, 4) is 0 Å². The van der Waals surface area contributed by atoms with Gasteiger partial charge in [0.15, 0.2) is 0 Å². The number of nitrogens with zero attached hydrogens (tertiary/aromatic N) is 2. The second-order valence-electron chi connectivity index (χ2n) is 4.01. The average molecular weight is 272 g/mol. The molecular formula is C9H12N4O4S. The van der Waals surface area contributed by atoms with E-state index in [1.807, 2.05) is 5.32 Å². The number of hydrogen-bond acceptors (Lipinski definition) is 5. The van der Waals surface area contributed by atoms with E-state index in [1.165, 1.54) is 0 Å². The summed E-state index contributed by atoms with van der Waals surface area (Å²) in [5.41, 5.74) is 0.692. The third-order valence-electron chi connectivity index (χ3n) is 2.58. The highest BCUT2D eigenvalue weighted by atomic mass is 32.2. The Morgan fingerprint density at radius 3 is 2.17 bits per heavy atom. The maximum atomic E-state index is 12.3. The summed E-state index contributed by atoms with van der Waals surface area (Å²) in [6.07, 6.45) is 0. The monoisotopic (exact) mass is 272 g/mol. The van der Waals surface area contributed by atoms with Crippen LogP contribution in [0, 0.1) is 13.8 Å². The lowest BCUT2D eigenvalue weighted by Crippen LogP contribution is -2.53. The van der Waals surface area contributed by atoms with Crippen molar-refractivity contribution in [3.05, 3.63) is 11.4 Å². The van der Waals surface area contributed by atoms with Crippen molar-refractivity contribution < 1.29 is 18.0 Å². The third-order valence-corrected chi connectivity index (χ3v) is 4.63. The number of aromatic amines is 1. The molecule has 1 aromatic rings. The number of hydrogen-bond donors (Lipinski definition) is 2. The minimum Gasteiger partial charge on any atom is -0.294 e. The van der Waals surface area contributed by atoms with Crippen LogP contribution in [0.2, 0.25) is 0 Å². The molecule has 98 valence electrons. The number of carbonyl (C=O) groups excluding carboxylic acids is 2. The molecule has 18 heavy (non-hydrogen) atoms. The highest BCUT2D eigenvalue weighted by Crippen LogP contribution is 2.21. The second-order valence-corrected chi connectivity index (χ2v) is 5.88. The van der Waals surface area contributed by atoms with Gasteiger partial charge in [-0.05, 0) is 13.8 Å². The molecule has 2 N–H and O–H groups in total. The minimum atomic E-state index is -3.89. The zero-order chi connectivity index (χ0) is 13.5. The summed E-state index contributed by atoms with van der Waals surface area (Å²) in [4.78, 5) is 22.4. The number of H-pyrrole nitrogens is 1.